The van der Waals surface area contributed by atoms with E-state index in [0.717, 1.165) is 5.56 Å². The highest BCUT2D eigenvalue weighted by atomic mass is 16.4. The van der Waals surface area contributed by atoms with Crippen molar-refractivity contribution in [2.24, 2.45) is 0 Å². The number of rotatable bonds is 2. The van der Waals surface area contributed by atoms with Crippen LogP contribution in [0.15, 0.2) is 25.0 Å². The number of aromatic nitrogens is 1. The maximum Gasteiger partial charge on any atom is 0.490 e. The monoisotopic (exact) mass is 149 g/mol. The van der Waals surface area contributed by atoms with Gasteiger partial charge < -0.3 is 10.0 Å². The van der Waals surface area contributed by atoms with E-state index in [0.29, 0.717) is 5.46 Å². The van der Waals surface area contributed by atoms with Gasteiger partial charge in [0.15, 0.2) is 0 Å². The van der Waals surface area contributed by atoms with Crippen molar-refractivity contribution in [3.8, 4) is 0 Å². The van der Waals surface area contributed by atoms with Crippen LogP contribution in [0.4, 0.5) is 0 Å². The molecule has 0 bridgehead atoms. The lowest BCUT2D eigenvalue weighted by atomic mass is 9.81. The van der Waals surface area contributed by atoms with E-state index in [2.05, 4.69) is 11.6 Å². The Kier molecular flexibility index (Phi) is 2.41. The maximum absolute atomic E-state index is 8.72. The second-order valence-electron chi connectivity index (χ2n) is 2.13. The Balaban J connectivity index is 3.00. The summed E-state index contributed by atoms with van der Waals surface area (Å²) in [5, 5.41) is 17.4. The molecule has 0 aromatic carbocycles. The van der Waals surface area contributed by atoms with Gasteiger partial charge in [-0.25, -0.2) is 0 Å². The van der Waals surface area contributed by atoms with Gasteiger partial charge in [0.2, 0.25) is 0 Å². The smallest absolute Gasteiger partial charge is 0.423 e. The Labute approximate surface area is 65.2 Å². The predicted molar refractivity (Wildman–Crippen MR) is 44.2 cm³/mol. The van der Waals surface area contributed by atoms with Gasteiger partial charge in [-0.3, -0.25) is 4.98 Å². The molecule has 0 saturated carbocycles. The summed E-state index contributed by atoms with van der Waals surface area (Å²) in [5.74, 6) is 0. The summed E-state index contributed by atoms with van der Waals surface area (Å²) in [6, 6.07) is 1.62. The first-order chi connectivity index (χ1) is 5.24. The second-order valence-corrected chi connectivity index (χ2v) is 2.13. The highest BCUT2D eigenvalue weighted by Crippen LogP contribution is 1.94. The van der Waals surface area contributed by atoms with Crippen LogP contribution in [0.25, 0.3) is 6.08 Å². The lowest BCUT2D eigenvalue weighted by molar-refractivity contribution is 0.425. The fourth-order valence-electron chi connectivity index (χ4n) is 0.729. The average molecular weight is 149 g/mol. The third-order valence-electron chi connectivity index (χ3n) is 1.31. The molecule has 1 heterocycles. The Bertz CT molecular complexity index is 262. The molecule has 0 unspecified atom stereocenters. The number of nitrogens with zero attached hydrogens (tertiary/aromatic N) is 1. The predicted octanol–water partition coefficient (Wildman–Crippen LogP) is -0.596. The highest BCUT2D eigenvalue weighted by molar-refractivity contribution is 6.58. The summed E-state index contributed by atoms with van der Waals surface area (Å²) in [4.78, 5) is 3.79. The molecule has 0 aliphatic rings. The molecular formula is C7H8BNO2. The first-order valence-corrected chi connectivity index (χ1v) is 3.17. The van der Waals surface area contributed by atoms with Crippen LogP contribution in [0.1, 0.15) is 5.56 Å². The summed E-state index contributed by atoms with van der Waals surface area (Å²) in [6.45, 7) is 3.53. The van der Waals surface area contributed by atoms with Crippen LogP contribution in [0.3, 0.4) is 0 Å². The molecule has 0 atom stereocenters. The van der Waals surface area contributed by atoms with Crippen molar-refractivity contribution < 1.29 is 10.0 Å². The zero-order chi connectivity index (χ0) is 8.27. The van der Waals surface area contributed by atoms with Crippen LogP contribution >= 0.6 is 0 Å². The highest BCUT2D eigenvalue weighted by Gasteiger charge is 2.10. The fraction of sp³-hybridized carbons (Fsp3) is 0. The van der Waals surface area contributed by atoms with Gasteiger partial charge >= 0.3 is 7.12 Å². The van der Waals surface area contributed by atoms with E-state index < -0.39 is 7.12 Å². The summed E-state index contributed by atoms with van der Waals surface area (Å²) in [6.07, 6.45) is 4.59. The van der Waals surface area contributed by atoms with Gasteiger partial charge in [0.05, 0.1) is 0 Å². The molecule has 2 N–H and O–H groups in total. The molecule has 0 radical (unpaired) electrons. The fourth-order valence-corrected chi connectivity index (χ4v) is 0.729. The Morgan fingerprint density at radius 3 is 2.73 bits per heavy atom. The molecule has 3 nitrogen and oxygen atoms in total. The number of hydrogen-bond acceptors (Lipinski definition) is 3. The number of hydrogen-bond donors (Lipinski definition) is 2. The molecule has 0 fully saturated rings. The van der Waals surface area contributed by atoms with Crippen LogP contribution in [0.5, 0.6) is 0 Å². The van der Waals surface area contributed by atoms with Gasteiger partial charge in [0.25, 0.3) is 0 Å². The maximum atomic E-state index is 8.72. The molecule has 0 aliphatic carbocycles. The summed E-state index contributed by atoms with van der Waals surface area (Å²) in [5.41, 5.74) is 1.15. The zero-order valence-corrected chi connectivity index (χ0v) is 5.94. The molecule has 4 heteroatoms. The van der Waals surface area contributed by atoms with Crippen LogP contribution in [0.2, 0.25) is 0 Å². The summed E-state index contributed by atoms with van der Waals surface area (Å²) < 4.78 is 0. The van der Waals surface area contributed by atoms with Crippen LogP contribution in [-0.2, 0) is 0 Å². The van der Waals surface area contributed by atoms with Gasteiger partial charge in [0.1, 0.15) is 0 Å². The van der Waals surface area contributed by atoms with Gasteiger partial charge in [-0.15, -0.1) is 0 Å². The zero-order valence-electron chi connectivity index (χ0n) is 5.94. The second kappa shape index (κ2) is 3.32. The SMILES string of the molecule is C=Cc1cncc(B(O)O)c1. The largest absolute Gasteiger partial charge is 0.490 e. The van der Waals surface area contributed by atoms with Crippen molar-refractivity contribution in [1.29, 1.82) is 0 Å². The van der Waals surface area contributed by atoms with Gasteiger partial charge in [-0.2, -0.15) is 0 Å². The third kappa shape index (κ3) is 1.90. The van der Waals surface area contributed by atoms with Crippen molar-refractivity contribution in [3.05, 3.63) is 30.6 Å². The molecule has 0 saturated heterocycles. The minimum absolute atomic E-state index is 0.377. The van der Waals surface area contributed by atoms with Crippen molar-refractivity contribution in [2.45, 2.75) is 0 Å². The van der Waals surface area contributed by atoms with Gasteiger partial charge in [-0.1, -0.05) is 18.7 Å². The van der Waals surface area contributed by atoms with Crippen molar-refractivity contribution in [1.82, 2.24) is 4.98 Å². The molecule has 56 valence electrons. The van der Waals surface area contributed by atoms with E-state index in [-0.39, 0.29) is 0 Å². The van der Waals surface area contributed by atoms with E-state index in [4.69, 9.17) is 10.0 Å². The first-order valence-electron chi connectivity index (χ1n) is 3.17. The Hall–Kier alpha value is -1.13. The van der Waals surface area contributed by atoms with Crippen molar-refractivity contribution >= 4 is 18.7 Å². The van der Waals surface area contributed by atoms with E-state index in [1.165, 1.54) is 6.20 Å². The lowest BCUT2D eigenvalue weighted by Crippen LogP contribution is -2.30. The van der Waals surface area contributed by atoms with Crippen LogP contribution < -0.4 is 5.46 Å². The minimum Gasteiger partial charge on any atom is -0.423 e. The standard InChI is InChI=1S/C7H8BNO2/c1-2-6-3-7(8(10)11)5-9-4-6/h2-5,10-11H,1H2. The molecule has 1 aromatic heterocycles. The summed E-state index contributed by atoms with van der Waals surface area (Å²) in [7, 11) is -1.46. The minimum atomic E-state index is -1.46. The molecule has 11 heavy (non-hydrogen) atoms. The van der Waals surface area contributed by atoms with E-state index in [9.17, 15) is 0 Å². The Morgan fingerprint density at radius 1 is 1.45 bits per heavy atom. The van der Waals surface area contributed by atoms with E-state index >= 15 is 0 Å². The average Bonchev–Trinajstić information content (AvgIpc) is 2.05. The molecule has 0 spiro atoms. The first kappa shape index (κ1) is 7.98. The third-order valence-corrected chi connectivity index (χ3v) is 1.31. The van der Waals surface area contributed by atoms with E-state index in [1.807, 2.05) is 0 Å². The topological polar surface area (TPSA) is 53.4 Å². The Morgan fingerprint density at radius 2 is 2.18 bits per heavy atom. The molecule has 0 aliphatic heterocycles. The molecule has 1 rings (SSSR count). The molecule has 1 aromatic rings. The molecular weight excluding hydrogens is 141 g/mol. The van der Waals surface area contributed by atoms with Crippen molar-refractivity contribution in [3.63, 3.8) is 0 Å². The number of pyridine rings is 1. The van der Waals surface area contributed by atoms with Crippen LogP contribution in [-0.4, -0.2) is 22.2 Å². The quantitative estimate of drug-likeness (QED) is 0.552. The van der Waals surface area contributed by atoms with Gasteiger partial charge in [0, 0.05) is 17.9 Å². The summed E-state index contributed by atoms with van der Waals surface area (Å²) >= 11 is 0. The van der Waals surface area contributed by atoms with Crippen molar-refractivity contribution in [2.75, 3.05) is 0 Å². The van der Waals surface area contributed by atoms with Gasteiger partial charge in [-0.05, 0) is 5.56 Å². The normalized spacial score (nSPS) is 9.27. The van der Waals surface area contributed by atoms with E-state index in [1.54, 1.807) is 18.3 Å². The molecule has 0 amide bonds. The van der Waals surface area contributed by atoms with Crippen LogP contribution in [0, 0.1) is 0 Å². The lowest BCUT2D eigenvalue weighted by Gasteiger charge is -1.98.